The number of pyridine rings is 1. The Bertz CT molecular complexity index is 982. The van der Waals surface area contributed by atoms with E-state index in [0.717, 1.165) is 17.8 Å². The maximum Gasteiger partial charge on any atom is 0.412 e. The van der Waals surface area contributed by atoms with Crippen LogP contribution in [0.4, 0.5) is 4.79 Å². The van der Waals surface area contributed by atoms with Gasteiger partial charge in [-0.05, 0) is 57.8 Å². The second kappa shape index (κ2) is 14.7. The number of rotatable bonds is 13. The van der Waals surface area contributed by atoms with Crippen LogP contribution in [0.3, 0.4) is 0 Å². The fraction of sp³-hybridized carbons (Fsp3) is 0.440. The highest BCUT2D eigenvalue weighted by molar-refractivity contribution is 5.93. The summed E-state index contributed by atoms with van der Waals surface area (Å²) >= 11 is 0. The molecule has 2 N–H and O–H groups in total. The van der Waals surface area contributed by atoms with Gasteiger partial charge in [-0.25, -0.2) is 9.59 Å². The first-order chi connectivity index (χ1) is 16.8. The van der Waals surface area contributed by atoms with Crippen LogP contribution < -0.4 is 15.4 Å². The lowest BCUT2D eigenvalue weighted by molar-refractivity contribution is -0.130. The Morgan fingerprint density at radius 3 is 2.51 bits per heavy atom. The van der Waals surface area contributed by atoms with Gasteiger partial charge in [0.15, 0.2) is 0 Å². The molecule has 0 fully saturated rings. The van der Waals surface area contributed by atoms with Gasteiger partial charge in [0.05, 0.1) is 18.8 Å². The first-order valence-electron chi connectivity index (χ1n) is 11.6. The zero-order valence-corrected chi connectivity index (χ0v) is 20.9. The third-order valence-corrected chi connectivity index (χ3v) is 5.04. The van der Waals surface area contributed by atoms with Crippen LogP contribution in [-0.4, -0.2) is 79.6 Å². The van der Waals surface area contributed by atoms with Gasteiger partial charge in [-0.2, -0.15) is 0 Å². The summed E-state index contributed by atoms with van der Waals surface area (Å²) in [6.07, 6.45) is 0.952. The largest absolute Gasteiger partial charge is 0.462 e. The minimum atomic E-state index is -0.693. The Hall–Kier alpha value is -3.50. The summed E-state index contributed by atoms with van der Waals surface area (Å²) in [7, 11) is 3.96. The van der Waals surface area contributed by atoms with Gasteiger partial charge in [0, 0.05) is 38.9 Å². The lowest BCUT2D eigenvalue weighted by Crippen LogP contribution is -2.41. The predicted molar refractivity (Wildman–Crippen MR) is 132 cm³/mol. The maximum atomic E-state index is 12.4. The van der Waals surface area contributed by atoms with Crippen LogP contribution in [-0.2, 0) is 22.6 Å². The van der Waals surface area contributed by atoms with Gasteiger partial charge in [0.1, 0.15) is 11.3 Å². The van der Waals surface area contributed by atoms with E-state index in [1.54, 1.807) is 31.3 Å². The number of likely N-dealkylation sites (N-methyl/N-ethyl adjacent to an activating group) is 2. The molecule has 0 aliphatic carbocycles. The minimum absolute atomic E-state index is 0.0398. The number of aromatic nitrogens is 1. The van der Waals surface area contributed by atoms with E-state index in [-0.39, 0.29) is 36.9 Å². The molecule has 0 saturated carbocycles. The van der Waals surface area contributed by atoms with Crippen LogP contribution in [0.25, 0.3) is 0 Å². The molecule has 0 bridgehead atoms. The smallest absolute Gasteiger partial charge is 0.412 e. The predicted octanol–water partition coefficient (Wildman–Crippen LogP) is 2.05. The van der Waals surface area contributed by atoms with Crippen molar-refractivity contribution in [2.24, 2.45) is 0 Å². The molecule has 0 unspecified atom stereocenters. The van der Waals surface area contributed by atoms with Crippen molar-refractivity contribution in [2.45, 2.75) is 26.9 Å². The molecule has 0 aliphatic rings. The standard InChI is InChI=1S/C25H35N5O5/c1-5-30(14-13-29(3)4)23(31)18-26-17-20-15-19(11-12-27-20)16-28-25(33)35-22-10-8-7-9-21(22)24(32)34-6-2/h7-12,15,26H,5-6,13-14,16-18H2,1-4H3,(H,28,33). The van der Waals surface area contributed by atoms with Crippen molar-refractivity contribution in [3.8, 4) is 5.75 Å². The molecule has 0 aliphatic heterocycles. The third kappa shape index (κ3) is 9.71. The van der Waals surface area contributed by atoms with Gasteiger partial charge in [0.25, 0.3) is 0 Å². The Balaban J connectivity index is 1.84. The molecule has 0 atom stereocenters. The molecule has 0 spiro atoms. The topological polar surface area (TPSA) is 113 Å². The molecular formula is C25H35N5O5. The van der Waals surface area contributed by atoms with Gasteiger partial charge in [-0.15, -0.1) is 0 Å². The molecule has 1 heterocycles. The van der Waals surface area contributed by atoms with Gasteiger partial charge >= 0.3 is 12.1 Å². The molecule has 10 heteroatoms. The number of nitrogens with one attached hydrogen (secondary N) is 2. The van der Waals surface area contributed by atoms with E-state index in [4.69, 9.17) is 9.47 Å². The first-order valence-corrected chi connectivity index (χ1v) is 11.6. The summed E-state index contributed by atoms with van der Waals surface area (Å²) in [5.74, 6) is -0.391. The molecule has 0 saturated heterocycles. The zero-order valence-electron chi connectivity index (χ0n) is 20.9. The number of benzene rings is 1. The van der Waals surface area contributed by atoms with Crippen LogP contribution in [0.2, 0.25) is 0 Å². The van der Waals surface area contributed by atoms with E-state index in [2.05, 4.69) is 15.6 Å². The van der Waals surface area contributed by atoms with Gasteiger partial charge in [-0.1, -0.05) is 12.1 Å². The monoisotopic (exact) mass is 485 g/mol. The quantitative estimate of drug-likeness (QED) is 0.415. The van der Waals surface area contributed by atoms with Crippen LogP contribution in [0.15, 0.2) is 42.6 Å². The Morgan fingerprint density at radius 2 is 1.80 bits per heavy atom. The molecular weight excluding hydrogens is 450 g/mol. The third-order valence-electron chi connectivity index (χ3n) is 5.04. The second-order valence-corrected chi connectivity index (χ2v) is 8.00. The number of hydrogen-bond donors (Lipinski definition) is 2. The van der Waals surface area contributed by atoms with E-state index >= 15 is 0 Å². The molecule has 10 nitrogen and oxygen atoms in total. The van der Waals surface area contributed by atoms with Crippen LogP contribution in [0.5, 0.6) is 5.75 Å². The molecule has 2 amide bonds. The van der Waals surface area contributed by atoms with E-state index in [0.29, 0.717) is 19.6 Å². The second-order valence-electron chi connectivity index (χ2n) is 8.00. The first kappa shape index (κ1) is 27.7. The molecule has 190 valence electrons. The summed E-state index contributed by atoms with van der Waals surface area (Å²) < 4.78 is 10.3. The number of amides is 2. The molecule has 35 heavy (non-hydrogen) atoms. The van der Waals surface area contributed by atoms with E-state index in [1.807, 2.05) is 36.9 Å². The number of hydrogen-bond acceptors (Lipinski definition) is 8. The van der Waals surface area contributed by atoms with Crippen LogP contribution >= 0.6 is 0 Å². The fourth-order valence-electron chi connectivity index (χ4n) is 3.17. The fourth-order valence-corrected chi connectivity index (χ4v) is 3.17. The van der Waals surface area contributed by atoms with Crippen molar-refractivity contribution < 1.29 is 23.9 Å². The van der Waals surface area contributed by atoms with Crippen LogP contribution in [0.1, 0.15) is 35.5 Å². The number of esters is 1. The van der Waals surface area contributed by atoms with Crippen molar-refractivity contribution in [3.05, 3.63) is 59.4 Å². The van der Waals surface area contributed by atoms with Crippen molar-refractivity contribution in [1.82, 2.24) is 25.4 Å². The summed E-state index contributed by atoms with van der Waals surface area (Å²) in [5, 5.41) is 5.80. The normalized spacial score (nSPS) is 10.7. The van der Waals surface area contributed by atoms with E-state index in [9.17, 15) is 14.4 Å². The SMILES string of the molecule is CCOC(=O)c1ccccc1OC(=O)NCc1ccnc(CNCC(=O)N(CC)CCN(C)C)c1. The molecule has 2 rings (SSSR count). The number of ether oxygens (including phenoxy) is 2. The van der Waals surface area contributed by atoms with Crippen molar-refractivity contribution >= 4 is 18.0 Å². The van der Waals surface area contributed by atoms with E-state index in [1.165, 1.54) is 12.1 Å². The number of nitrogens with zero attached hydrogens (tertiary/aromatic N) is 3. The highest BCUT2D eigenvalue weighted by Crippen LogP contribution is 2.19. The number of para-hydroxylation sites is 1. The van der Waals surface area contributed by atoms with E-state index < -0.39 is 12.1 Å². The Kier molecular flexibility index (Phi) is 11.6. The van der Waals surface area contributed by atoms with Gasteiger partial charge < -0.3 is 29.9 Å². The Labute approximate surface area is 206 Å². The van der Waals surface area contributed by atoms with Crippen molar-refractivity contribution in [1.29, 1.82) is 0 Å². The lowest BCUT2D eigenvalue weighted by Gasteiger charge is -2.23. The molecule has 0 radical (unpaired) electrons. The number of carbonyl (C=O) groups is 3. The van der Waals surface area contributed by atoms with Crippen molar-refractivity contribution in [2.75, 3.05) is 46.9 Å². The Morgan fingerprint density at radius 1 is 1.03 bits per heavy atom. The van der Waals surface area contributed by atoms with Gasteiger partial charge in [0.2, 0.25) is 5.91 Å². The molecule has 1 aromatic heterocycles. The van der Waals surface area contributed by atoms with Gasteiger partial charge in [-0.3, -0.25) is 9.78 Å². The average molecular weight is 486 g/mol. The summed E-state index contributed by atoms with van der Waals surface area (Å²) in [4.78, 5) is 44.9. The molecule has 2 aromatic rings. The highest BCUT2D eigenvalue weighted by atomic mass is 16.6. The molecule has 1 aromatic carbocycles. The van der Waals surface area contributed by atoms with Crippen LogP contribution in [0, 0.1) is 0 Å². The summed E-state index contributed by atoms with van der Waals surface area (Å²) in [6.45, 7) is 6.90. The van der Waals surface area contributed by atoms with Crippen molar-refractivity contribution in [3.63, 3.8) is 0 Å². The minimum Gasteiger partial charge on any atom is -0.462 e. The summed E-state index contributed by atoms with van der Waals surface area (Å²) in [6, 6.07) is 10.0. The number of carbonyl (C=O) groups excluding carboxylic acids is 3. The summed E-state index contributed by atoms with van der Waals surface area (Å²) in [5.41, 5.74) is 1.74. The lowest BCUT2D eigenvalue weighted by atomic mass is 10.2. The highest BCUT2D eigenvalue weighted by Gasteiger charge is 2.16. The average Bonchev–Trinajstić information content (AvgIpc) is 2.84. The zero-order chi connectivity index (χ0) is 25.6. The maximum absolute atomic E-state index is 12.4.